The summed E-state index contributed by atoms with van der Waals surface area (Å²) in [6.45, 7) is -1.85. The highest BCUT2D eigenvalue weighted by molar-refractivity contribution is 5.98. The van der Waals surface area contributed by atoms with Crippen LogP contribution in [0.25, 0.3) is 22.2 Å². The molecule has 0 fully saturated rings. The molecular weight excluding hydrogens is 420 g/mol. The highest BCUT2D eigenvalue weighted by atomic mass is 19.4. The summed E-state index contributed by atoms with van der Waals surface area (Å²) in [4.78, 5) is 29.4. The topological polar surface area (TPSA) is 119 Å². The van der Waals surface area contributed by atoms with E-state index in [1.165, 1.54) is 20.2 Å². The zero-order valence-electron chi connectivity index (χ0n) is 16.3. The molecule has 0 spiro atoms. The van der Waals surface area contributed by atoms with Gasteiger partial charge in [0.2, 0.25) is 0 Å². The minimum Gasteiger partial charge on any atom is -0.361 e. The van der Waals surface area contributed by atoms with Crippen LogP contribution in [0.4, 0.5) is 23.4 Å². The fraction of sp³-hybridized carbons (Fsp3) is 0.263. The van der Waals surface area contributed by atoms with E-state index in [0.717, 1.165) is 21.3 Å². The number of anilines is 1. The van der Waals surface area contributed by atoms with Crippen LogP contribution < -0.4 is 22.3 Å². The van der Waals surface area contributed by atoms with Crippen molar-refractivity contribution in [3.05, 3.63) is 56.0 Å². The molecule has 2 aromatic heterocycles. The van der Waals surface area contributed by atoms with Crippen molar-refractivity contribution >= 4 is 16.9 Å². The highest BCUT2D eigenvalue weighted by Crippen LogP contribution is 2.35. The monoisotopic (exact) mass is 436 g/mol. The van der Waals surface area contributed by atoms with Gasteiger partial charge in [-0.1, -0.05) is 0 Å². The molecule has 0 saturated heterocycles. The van der Waals surface area contributed by atoms with Gasteiger partial charge in [-0.05, 0) is 18.2 Å². The Balaban J connectivity index is 2.57. The predicted octanol–water partition coefficient (Wildman–Crippen LogP) is 1.74. The lowest BCUT2D eigenvalue weighted by Crippen LogP contribution is -2.38. The minimum atomic E-state index is -4.60. The van der Waals surface area contributed by atoms with Crippen molar-refractivity contribution in [3.63, 3.8) is 0 Å². The summed E-state index contributed by atoms with van der Waals surface area (Å²) in [7, 11) is 2.50. The summed E-state index contributed by atoms with van der Waals surface area (Å²) in [5, 5.41) is 11.4. The second kappa shape index (κ2) is 7.84. The van der Waals surface area contributed by atoms with Crippen molar-refractivity contribution in [2.75, 3.05) is 11.9 Å². The number of nitrogens with two attached hydrogens (primary N) is 1. The van der Waals surface area contributed by atoms with Gasteiger partial charge < -0.3 is 11.1 Å². The first kappa shape index (κ1) is 22.0. The molecule has 162 valence electrons. The van der Waals surface area contributed by atoms with E-state index >= 15 is 0 Å². The van der Waals surface area contributed by atoms with Gasteiger partial charge in [-0.3, -0.25) is 13.9 Å². The number of pyridine rings is 1. The molecule has 0 aliphatic rings. The third kappa shape index (κ3) is 3.87. The average Bonchev–Trinajstić information content (AvgIpc) is 2.72. The Hall–Kier alpha value is -3.72. The molecule has 3 N–H and O–H groups in total. The first-order chi connectivity index (χ1) is 14.5. The third-order valence-corrected chi connectivity index (χ3v) is 4.72. The van der Waals surface area contributed by atoms with Crippen LogP contribution >= 0.6 is 0 Å². The molecule has 0 saturated carbocycles. The maximum Gasteiger partial charge on any atom is 0.405 e. The van der Waals surface area contributed by atoms with Gasteiger partial charge >= 0.3 is 11.9 Å². The van der Waals surface area contributed by atoms with Crippen molar-refractivity contribution in [1.29, 1.82) is 5.26 Å². The van der Waals surface area contributed by atoms with E-state index in [2.05, 4.69) is 10.3 Å². The van der Waals surface area contributed by atoms with Crippen LogP contribution in [-0.2, 0) is 20.6 Å². The summed E-state index contributed by atoms with van der Waals surface area (Å²) < 4.78 is 54.3. The normalized spacial score (nSPS) is 11.5. The van der Waals surface area contributed by atoms with Gasteiger partial charge in [-0.15, -0.1) is 0 Å². The molecule has 0 aliphatic carbocycles. The van der Waals surface area contributed by atoms with Gasteiger partial charge in [0.1, 0.15) is 18.2 Å². The number of halogens is 4. The maximum absolute atomic E-state index is 14.1. The number of hydrogen-bond donors (Lipinski definition) is 2. The molecule has 2 heterocycles. The zero-order valence-corrected chi connectivity index (χ0v) is 16.3. The van der Waals surface area contributed by atoms with Gasteiger partial charge in [0.25, 0.3) is 5.56 Å². The van der Waals surface area contributed by atoms with E-state index < -0.39 is 29.8 Å². The van der Waals surface area contributed by atoms with Crippen LogP contribution in [0, 0.1) is 17.1 Å². The summed E-state index contributed by atoms with van der Waals surface area (Å²) in [5.74, 6) is -1.08. The Bertz CT molecular complexity index is 1350. The van der Waals surface area contributed by atoms with Crippen LogP contribution in [-0.4, -0.2) is 26.8 Å². The Kier molecular flexibility index (Phi) is 5.56. The standard InChI is InChI=1S/C19H16F4N6O2/c1-28-16-14(17(30)29(2)18(28)31)13(11-5-10(20)4-3-9(11)6-24)12(7-25)15(27-16)26-8-19(21,22)23/h3-5H,7-8,25H2,1-2H3,(H,26,27). The quantitative estimate of drug-likeness (QED) is 0.602. The fourth-order valence-electron chi connectivity index (χ4n) is 3.27. The van der Waals surface area contributed by atoms with Crippen molar-refractivity contribution in [1.82, 2.24) is 14.1 Å². The van der Waals surface area contributed by atoms with Crippen molar-refractivity contribution < 1.29 is 17.6 Å². The van der Waals surface area contributed by atoms with Crippen LogP contribution in [0.1, 0.15) is 11.1 Å². The van der Waals surface area contributed by atoms with Crippen LogP contribution in [0.2, 0.25) is 0 Å². The number of fused-ring (bicyclic) bond motifs is 1. The second-order valence-corrected chi connectivity index (χ2v) is 6.69. The van der Waals surface area contributed by atoms with Gasteiger partial charge in [0.15, 0.2) is 5.65 Å². The molecule has 0 atom stereocenters. The van der Waals surface area contributed by atoms with Gasteiger partial charge in [-0.2, -0.15) is 18.4 Å². The van der Waals surface area contributed by atoms with Crippen LogP contribution in [0.15, 0.2) is 27.8 Å². The largest absolute Gasteiger partial charge is 0.405 e. The van der Waals surface area contributed by atoms with E-state index in [1.807, 2.05) is 6.07 Å². The number of nitrogens with one attached hydrogen (secondary N) is 1. The predicted molar refractivity (Wildman–Crippen MR) is 105 cm³/mol. The summed E-state index contributed by atoms with van der Waals surface area (Å²) in [5.41, 5.74) is 3.78. The number of alkyl halides is 3. The Morgan fingerprint density at radius 2 is 1.90 bits per heavy atom. The fourth-order valence-corrected chi connectivity index (χ4v) is 3.27. The van der Waals surface area contributed by atoms with Gasteiger partial charge in [0.05, 0.1) is 17.0 Å². The molecule has 12 heteroatoms. The zero-order chi connectivity index (χ0) is 23.1. The highest BCUT2D eigenvalue weighted by Gasteiger charge is 2.29. The first-order valence-electron chi connectivity index (χ1n) is 8.83. The summed E-state index contributed by atoms with van der Waals surface area (Å²) in [6, 6.07) is 5.05. The second-order valence-electron chi connectivity index (χ2n) is 6.69. The number of benzene rings is 1. The molecule has 0 bridgehead atoms. The molecule has 0 amide bonds. The van der Waals surface area contributed by atoms with E-state index in [4.69, 9.17) is 5.73 Å². The molecule has 0 unspecified atom stereocenters. The Morgan fingerprint density at radius 3 is 2.48 bits per heavy atom. The minimum absolute atomic E-state index is 0.0328. The summed E-state index contributed by atoms with van der Waals surface area (Å²) in [6.07, 6.45) is -4.60. The third-order valence-electron chi connectivity index (χ3n) is 4.72. The molecule has 8 nitrogen and oxygen atoms in total. The molecule has 3 aromatic rings. The van der Waals surface area contributed by atoms with E-state index in [1.54, 1.807) is 0 Å². The van der Waals surface area contributed by atoms with Crippen molar-refractivity contribution in [2.45, 2.75) is 12.7 Å². The number of rotatable bonds is 4. The SMILES string of the molecule is Cn1c(=O)c2c(-c3cc(F)ccc3C#N)c(CN)c(NCC(F)(F)F)nc2n(C)c1=O. The summed E-state index contributed by atoms with van der Waals surface area (Å²) >= 11 is 0. The number of nitrogens with zero attached hydrogens (tertiary/aromatic N) is 4. The lowest BCUT2D eigenvalue weighted by Gasteiger charge is -2.20. The van der Waals surface area contributed by atoms with Crippen molar-refractivity contribution in [2.24, 2.45) is 19.8 Å². The number of aromatic nitrogens is 3. The lowest BCUT2D eigenvalue weighted by atomic mass is 9.93. The average molecular weight is 436 g/mol. The number of hydrogen-bond acceptors (Lipinski definition) is 6. The van der Waals surface area contributed by atoms with Crippen LogP contribution in [0.5, 0.6) is 0 Å². The molecule has 0 radical (unpaired) electrons. The smallest absolute Gasteiger partial charge is 0.361 e. The maximum atomic E-state index is 14.1. The van der Waals surface area contributed by atoms with E-state index in [0.29, 0.717) is 0 Å². The molecule has 3 rings (SSSR count). The van der Waals surface area contributed by atoms with Crippen LogP contribution in [0.3, 0.4) is 0 Å². The molecule has 0 aliphatic heterocycles. The van der Waals surface area contributed by atoms with E-state index in [9.17, 15) is 32.4 Å². The van der Waals surface area contributed by atoms with Gasteiger partial charge in [0, 0.05) is 37.3 Å². The number of aryl methyl sites for hydroxylation is 1. The Labute approximate surface area is 172 Å². The Morgan fingerprint density at radius 1 is 1.23 bits per heavy atom. The van der Waals surface area contributed by atoms with Gasteiger partial charge in [-0.25, -0.2) is 14.2 Å². The lowest BCUT2D eigenvalue weighted by molar-refractivity contribution is -0.115. The number of nitriles is 1. The first-order valence-corrected chi connectivity index (χ1v) is 8.83. The molecule has 1 aromatic carbocycles. The van der Waals surface area contributed by atoms with Crippen molar-refractivity contribution in [3.8, 4) is 17.2 Å². The molecule has 31 heavy (non-hydrogen) atoms. The van der Waals surface area contributed by atoms with E-state index in [-0.39, 0.29) is 45.6 Å². The molecular formula is C19H16F4N6O2.